The van der Waals surface area contributed by atoms with Crippen LogP contribution in [0.1, 0.15) is 23.6 Å². The third kappa shape index (κ3) is 3.05. The van der Waals surface area contributed by atoms with Gasteiger partial charge in [-0.2, -0.15) is 0 Å². The topological polar surface area (TPSA) is 67.5 Å². The number of benzene rings is 1. The van der Waals surface area contributed by atoms with Crippen molar-refractivity contribution >= 4 is 0 Å². The number of aliphatic hydroxyl groups excluding tert-OH is 1. The van der Waals surface area contributed by atoms with Gasteiger partial charge in [0.25, 0.3) is 5.56 Å². The van der Waals surface area contributed by atoms with Crippen LogP contribution in [0.2, 0.25) is 0 Å². The molecule has 1 aromatic carbocycles. The summed E-state index contributed by atoms with van der Waals surface area (Å²) < 4.78 is 15.6. The molecule has 1 aliphatic rings. The molecular weight excluding hydrogens is 313 g/mol. The number of nitrogens with zero attached hydrogens (tertiary/aromatic N) is 3. The van der Waals surface area contributed by atoms with Gasteiger partial charge < -0.3 is 9.67 Å². The Bertz CT molecular complexity index is 857. The van der Waals surface area contributed by atoms with Gasteiger partial charge in [0.1, 0.15) is 5.82 Å². The lowest BCUT2D eigenvalue weighted by Gasteiger charge is -2.24. The summed E-state index contributed by atoms with van der Waals surface area (Å²) in [6.45, 7) is 0.744. The zero-order valence-electron chi connectivity index (χ0n) is 13.6. The smallest absolute Gasteiger partial charge is 0.330 e. The molecule has 1 fully saturated rings. The first kappa shape index (κ1) is 16.6. The maximum atomic E-state index is 13.1. The predicted octanol–water partition coefficient (Wildman–Crippen LogP) is 0.531. The minimum atomic E-state index is -0.503. The number of aliphatic hydroxyl groups is 1. The second-order valence-electron chi connectivity index (χ2n) is 6.30. The van der Waals surface area contributed by atoms with Crippen LogP contribution in [0.4, 0.5) is 4.39 Å². The summed E-state index contributed by atoms with van der Waals surface area (Å²) in [7, 11) is 3.05. The molecule has 0 aliphatic carbocycles. The fourth-order valence-corrected chi connectivity index (χ4v) is 3.30. The molecule has 0 amide bonds. The molecule has 0 saturated carbocycles. The van der Waals surface area contributed by atoms with E-state index < -0.39 is 6.10 Å². The molecule has 128 valence electrons. The average molecular weight is 333 g/mol. The van der Waals surface area contributed by atoms with Crippen molar-refractivity contribution in [3.63, 3.8) is 0 Å². The molecule has 2 heterocycles. The predicted molar refractivity (Wildman–Crippen MR) is 87.1 cm³/mol. The maximum absolute atomic E-state index is 13.1. The minimum Gasteiger partial charge on any atom is -0.392 e. The summed E-state index contributed by atoms with van der Waals surface area (Å²) in [6, 6.07) is 6.09. The van der Waals surface area contributed by atoms with Crippen LogP contribution in [0.5, 0.6) is 0 Å². The molecule has 0 unspecified atom stereocenters. The highest BCUT2D eigenvalue weighted by Crippen LogP contribution is 2.33. The Hall–Kier alpha value is -2.25. The number of aromatic nitrogens is 2. The molecular formula is C17H20FN3O3. The summed E-state index contributed by atoms with van der Waals surface area (Å²) in [5, 5.41) is 10.0. The Labute approximate surface area is 138 Å². The SMILES string of the molecule is Cn1cc(CN2C[C@H](O)C[C@@H]2c2ccc(F)cc2)c(=O)n(C)c1=O. The van der Waals surface area contributed by atoms with E-state index in [2.05, 4.69) is 0 Å². The summed E-state index contributed by atoms with van der Waals surface area (Å²) >= 11 is 0. The zero-order valence-corrected chi connectivity index (χ0v) is 13.6. The second-order valence-corrected chi connectivity index (χ2v) is 6.30. The van der Waals surface area contributed by atoms with E-state index in [1.54, 1.807) is 19.2 Å². The average Bonchev–Trinajstić information content (AvgIpc) is 2.92. The zero-order chi connectivity index (χ0) is 17.4. The molecule has 7 heteroatoms. The van der Waals surface area contributed by atoms with Gasteiger partial charge in [0, 0.05) is 45.0 Å². The van der Waals surface area contributed by atoms with Gasteiger partial charge in [0.2, 0.25) is 0 Å². The Morgan fingerprint density at radius 3 is 2.54 bits per heavy atom. The Morgan fingerprint density at radius 1 is 1.21 bits per heavy atom. The highest BCUT2D eigenvalue weighted by molar-refractivity contribution is 5.22. The monoisotopic (exact) mass is 333 g/mol. The molecule has 24 heavy (non-hydrogen) atoms. The summed E-state index contributed by atoms with van der Waals surface area (Å²) in [4.78, 5) is 26.1. The van der Waals surface area contributed by atoms with Crippen molar-refractivity contribution in [1.29, 1.82) is 0 Å². The number of hydrogen-bond donors (Lipinski definition) is 1. The van der Waals surface area contributed by atoms with E-state index in [-0.39, 0.29) is 23.1 Å². The summed E-state index contributed by atoms with van der Waals surface area (Å²) in [5.41, 5.74) is 0.674. The molecule has 0 spiro atoms. The molecule has 0 bridgehead atoms. The minimum absolute atomic E-state index is 0.0949. The van der Waals surface area contributed by atoms with E-state index in [0.29, 0.717) is 25.1 Å². The first-order chi connectivity index (χ1) is 11.4. The van der Waals surface area contributed by atoms with E-state index in [1.807, 2.05) is 4.90 Å². The number of hydrogen-bond acceptors (Lipinski definition) is 4. The van der Waals surface area contributed by atoms with Crippen molar-refractivity contribution in [3.8, 4) is 0 Å². The van der Waals surface area contributed by atoms with Crippen molar-refractivity contribution in [2.75, 3.05) is 6.54 Å². The van der Waals surface area contributed by atoms with Gasteiger partial charge in [0.05, 0.1) is 6.10 Å². The number of likely N-dealkylation sites (tertiary alicyclic amines) is 1. The van der Waals surface area contributed by atoms with Gasteiger partial charge >= 0.3 is 5.69 Å². The van der Waals surface area contributed by atoms with Gasteiger partial charge in [-0.05, 0) is 24.1 Å². The van der Waals surface area contributed by atoms with Crippen LogP contribution in [0.3, 0.4) is 0 Å². The molecule has 1 aromatic heterocycles. The first-order valence-corrected chi connectivity index (χ1v) is 7.80. The van der Waals surface area contributed by atoms with E-state index in [1.165, 1.54) is 29.9 Å². The van der Waals surface area contributed by atoms with Crippen LogP contribution in [-0.4, -0.2) is 31.8 Å². The maximum Gasteiger partial charge on any atom is 0.330 e. The van der Waals surface area contributed by atoms with Gasteiger partial charge in [-0.15, -0.1) is 0 Å². The summed E-state index contributed by atoms with van der Waals surface area (Å²) in [5.74, 6) is -0.309. The van der Waals surface area contributed by atoms with Crippen molar-refractivity contribution < 1.29 is 9.50 Å². The third-order valence-electron chi connectivity index (χ3n) is 4.53. The molecule has 0 radical (unpaired) electrons. The standard InChI is InChI=1S/C17H20FN3O3/c1-19-8-12(16(23)20(2)17(19)24)9-21-10-14(22)7-15(21)11-3-5-13(18)6-4-11/h3-6,8,14-15,22H,7,9-10H2,1-2H3/t14-,15-/m1/s1. The van der Waals surface area contributed by atoms with Gasteiger partial charge in [-0.1, -0.05) is 12.1 Å². The molecule has 2 aromatic rings. The number of halogens is 1. The lowest BCUT2D eigenvalue weighted by Crippen LogP contribution is -2.40. The van der Waals surface area contributed by atoms with E-state index in [0.717, 1.165) is 10.1 Å². The van der Waals surface area contributed by atoms with Gasteiger partial charge in [-0.3, -0.25) is 14.3 Å². The van der Waals surface area contributed by atoms with Crippen LogP contribution in [0.15, 0.2) is 40.1 Å². The third-order valence-corrected chi connectivity index (χ3v) is 4.53. The van der Waals surface area contributed by atoms with Crippen molar-refractivity contribution in [2.45, 2.75) is 25.1 Å². The van der Waals surface area contributed by atoms with Gasteiger partial charge in [-0.25, -0.2) is 9.18 Å². The highest BCUT2D eigenvalue weighted by atomic mass is 19.1. The van der Waals surface area contributed by atoms with Crippen LogP contribution < -0.4 is 11.2 Å². The van der Waals surface area contributed by atoms with Gasteiger partial charge in [0.15, 0.2) is 0 Å². The molecule has 3 rings (SSSR count). The van der Waals surface area contributed by atoms with Crippen molar-refractivity contribution in [1.82, 2.24) is 14.0 Å². The summed E-state index contributed by atoms with van der Waals surface area (Å²) in [6.07, 6.45) is 1.56. The van der Waals surface area contributed by atoms with E-state index in [9.17, 15) is 19.1 Å². The van der Waals surface area contributed by atoms with Crippen LogP contribution in [0.25, 0.3) is 0 Å². The lowest BCUT2D eigenvalue weighted by molar-refractivity contribution is 0.172. The van der Waals surface area contributed by atoms with Crippen LogP contribution in [0, 0.1) is 5.82 Å². The quantitative estimate of drug-likeness (QED) is 0.890. The molecule has 1 aliphatic heterocycles. The normalized spacial score (nSPS) is 21.3. The van der Waals surface area contributed by atoms with E-state index >= 15 is 0 Å². The second kappa shape index (κ2) is 6.33. The highest BCUT2D eigenvalue weighted by Gasteiger charge is 2.32. The lowest BCUT2D eigenvalue weighted by atomic mass is 10.0. The van der Waals surface area contributed by atoms with E-state index in [4.69, 9.17) is 0 Å². The van der Waals surface area contributed by atoms with Crippen molar-refractivity contribution in [2.24, 2.45) is 14.1 Å². The fourth-order valence-electron chi connectivity index (χ4n) is 3.30. The molecule has 1 N–H and O–H groups in total. The Morgan fingerprint density at radius 2 is 1.88 bits per heavy atom. The number of rotatable bonds is 3. The first-order valence-electron chi connectivity index (χ1n) is 7.80. The fraction of sp³-hybridized carbons (Fsp3) is 0.412. The largest absolute Gasteiger partial charge is 0.392 e. The molecule has 1 saturated heterocycles. The van der Waals surface area contributed by atoms with Crippen LogP contribution in [-0.2, 0) is 20.6 Å². The number of aryl methyl sites for hydroxylation is 1. The number of β-amino-alcohol motifs (C(OH)–C–C–N with tert-alkyl or cyclic N) is 1. The molecule has 6 nitrogen and oxygen atoms in total. The molecule has 2 atom stereocenters. The van der Waals surface area contributed by atoms with Crippen LogP contribution >= 0.6 is 0 Å². The van der Waals surface area contributed by atoms with Crippen molar-refractivity contribution in [3.05, 3.63) is 68.2 Å². The Balaban J connectivity index is 1.92. The Kier molecular flexibility index (Phi) is 4.38.